The van der Waals surface area contributed by atoms with E-state index in [1.165, 1.54) is 21.8 Å². The van der Waals surface area contributed by atoms with Gasteiger partial charge in [0.05, 0.1) is 5.56 Å². The fourth-order valence-electron chi connectivity index (χ4n) is 3.09. The van der Waals surface area contributed by atoms with E-state index in [-0.39, 0.29) is 12.5 Å². The van der Waals surface area contributed by atoms with Crippen molar-refractivity contribution in [2.75, 3.05) is 11.9 Å². The molecule has 0 saturated heterocycles. The maximum absolute atomic E-state index is 12.2. The summed E-state index contributed by atoms with van der Waals surface area (Å²) < 4.78 is 5.54. The van der Waals surface area contributed by atoms with E-state index in [9.17, 15) is 10.1 Å². The Morgan fingerprint density at radius 2 is 2.16 bits per heavy atom. The fourth-order valence-corrected chi connectivity index (χ4v) is 4.47. The third kappa shape index (κ3) is 4.02. The number of amides is 1. The van der Waals surface area contributed by atoms with Crippen molar-refractivity contribution in [1.82, 2.24) is 0 Å². The molecule has 1 N–H and O–H groups in total. The van der Waals surface area contributed by atoms with Crippen LogP contribution in [0.5, 0.6) is 5.75 Å². The minimum absolute atomic E-state index is 0.0602. The molecular weight excluding hydrogens is 332 g/mol. The number of rotatable bonds is 5. The topological polar surface area (TPSA) is 62.1 Å². The number of thiophene rings is 1. The molecule has 25 heavy (non-hydrogen) atoms. The summed E-state index contributed by atoms with van der Waals surface area (Å²) in [5.74, 6) is 1.07. The van der Waals surface area contributed by atoms with Gasteiger partial charge < -0.3 is 10.1 Å². The number of hydrogen-bond donors (Lipinski definition) is 1. The minimum Gasteiger partial charge on any atom is -0.484 e. The van der Waals surface area contributed by atoms with Crippen molar-refractivity contribution in [2.45, 2.75) is 39.5 Å². The van der Waals surface area contributed by atoms with E-state index < -0.39 is 0 Å². The van der Waals surface area contributed by atoms with E-state index in [4.69, 9.17) is 4.74 Å². The molecule has 0 saturated carbocycles. The van der Waals surface area contributed by atoms with E-state index in [1.54, 1.807) is 0 Å². The average Bonchev–Trinajstić information content (AvgIpc) is 2.96. The Bertz CT molecular complexity index is 802. The molecule has 2 aromatic rings. The van der Waals surface area contributed by atoms with Crippen molar-refractivity contribution in [1.29, 1.82) is 5.26 Å². The number of fused-ring (bicyclic) bond motifs is 1. The Labute approximate surface area is 152 Å². The molecule has 0 aliphatic heterocycles. The summed E-state index contributed by atoms with van der Waals surface area (Å²) in [5.41, 5.74) is 2.98. The highest BCUT2D eigenvalue weighted by molar-refractivity contribution is 7.16. The van der Waals surface area contributed by atoms with Crippen LogP contribution in [0.2, 0.25) is 0 Å². The number of nitriles is 1. The van der Waals surface area contributed by atoms with E-state index >= 15 is 0 Å². The molecule has 1 aliphatic rings. The second kappa shape index (κ2) is 7.71. The maximum atomic E-state index is 12.2. The monoisotopic (exact) mass is 354 g/mol. The number of carbonyl (C=O) groups excluding carboxylic acids is 1. The van der Waals surface area contributed by atoms with Gasteiger partial charge in [0.15, 0.2) is 6.61 Å². The van der Waals surface area contributed by atoms with Crippen molar-refractivity contribution in [3.05, 3.63) is 45.8 Å². The fraction of sp³-hybridized carbons (Fsp3) is 0.400. The molecule has 1 aromatic carbocycles. The number of nitrogens with zero attached hydrogens (tertiary/aromatic N) is 1. The second-order valence-corrected chi connectivity index (χ2v) is 7.61. The molecule has 0 bridgehead atoms. The lowest BCUT2D eigenvalue weighted by atomic mass is 9.89. The minimum atomic E-state index is -0.234. The summed E-state index contributed by atoms with van der Waals surface area (Å²) >= 11 is 1.54. The van der Waals surface area contributed by atoms with Crippen LogP contribution in [0.3, 0.4) is 0 Å². The summed E-state index contributed by atoms with van der Waals surface area (Å²) in [6, 6.07) is 10.0. The summed E-state index contributed by atoms with van der Waals surface area (Å²) in [6.45, 7) is 4.26. The van der Waals surface area contributed by atoms with Crippen LogP contribution < -0.4 is 10.1 Å². The SMILES string of the molecule is CCc1ccc(OCC(=O)Nc2sc3c(c2C#N)CC[C@H](C)C3)cc1. The number of hydrogen-bond acceptors (Lipinski definition) is 4. The summed E-state index contributed by atoms with van der Waals surface area (Å²) in [6.07, 6.45) is 3.99. The number of aryl methyl sites for hydroxylation is 1. The molecule has 1 amide bonds. The number of anilines is 1. The highest BCUT2D eigenvalue weighted by Gasteiger charge is 2.24. The highest BCUT2D eigenvalue weighted by atomic mass is 32.1. The van der Waals surface area contributed by atoms with Crippen molar-refractivity contribution in [3.63, 3.8) is 0 Å². The van der Waals surface area contributed by atoms with Gasteiger partial charge in [0.1, 0.15) is 16.8 Å². The van der Waals surface area contributed by atoms with Crippen LogP contribution in [-0.4, -0.2) is 12.5 Å². The van der Waals surface area contributed by atoms with Crippen molar-refractivity contribution < 1.29 is 9.53 Å². The number of carbonyl (C=O) groups is 1. The Morgan fingerprint density at radius 3 is 2.84 bits per heavy atom. The van der Waals surface area contributed by atoms with Crippen LogP contribution in [-0.2, 0) is 24.1 Å². The summed E-state index contributed by atoms with van der Waals surface area (Å²) in [4.78, 5) is 13.5. The summed E-state index contributed by atoms with van der Waals surface area (Å²) in [7, 11) is 0. The quantitative estimate of drug-likeness (QED) is 0.869. The molecule has 1 heterocycles. The van der Waals surface area contributed by atoms with Gasteiger partial charge in [-0.3, -0.25) is 4.79 Å². The first kappa shape index (κ1) is 17.5. The van der Waals surface area contributed by atoms with Crippen LogP contribution in [0.15, 0.2) is 24.3 Å². The molecule has 5 heteroatoms. The number of benzene rings is 1. The van der Waals surface area contributed by atoms with Crippen LogP contribution >= 0.6 is 11.3 Å². The van der Waals surface area contributed by atoms with E-state index in [1.807, 2.05) is 24.3 Å². The zero-order valence-corrected chi connectivity index (χ0v) is 15.4. The molecule has 130 valence electrons. The first-order chi connectivity index (χ1) is 12.1. The molecule has 0 fully saturated rings. The zero-order chi connectivity index (χ0) is 17.8. The maximum Gasteiger partial charge on any atom is 0.262 e. The second-order valence-electron chi connectivity index (χ2n) is 6.50. The van der Waals surface area contributed by atoms with Crippen molar-refractivity contribution >= 4 is 22.2 Å². The van der Waals surface area contributed by atoms with Gasteiger partial charge in [0, 0.05) is 4.88 Å². The van der Waals surface area contributed by atoms with Gasteiger partial charge in [0.25, 0.3) is 5.91 Å². The Balaban J connectivity index is 1.64. The van der Waals surface area contributed by atoms with Gasteiger partial charge in [-0.1, -0.05) is 26.0 Å². The van der Waals surface area contributed by atoms with E-state index in [0.29, 0.717) is 22.2 Å². The van der Waals surface area contributed by atoms with Gasteiger partial charge in [-0.15, -0.1) is 11.3 Å². The van der Waals surface area contributed by atoms with Gasteiger partial charge in [-0.25, -0.2) is 0 Å². The molecule has 1 atom stereocenters. The predicted molar refractivity (Wildman–Crippen MR) is 100 cm³/mol. The summed E-state index contributed by atoms with van der Waals surface area (Å²) in [5, 5.41) is 13.0. The molecule has 1 aliphatic carbocycles. The Hall–Kier alpha value is -2.32. The molecule has 0 radical (unpaired) electrons. The lowest BCUT2D eigenvalue weighted by molar-refractivity contribution is -0.118. The Morgan fingerprint density at radius 1 is 1.40 bits per heavy atom. The van der Waals surface area contributed by atoms with Crippen LogP contribution in [0.1, 0.15) is 41.8 Å². The first-order valence-corrected chi connectivity index (χ1v) is 9.48. The van der Waals surface area contributed by atoms with Crippen molar-refractivity contribution in [3.8, 4) is 11.8 Å². The van der Waals surface area contributed by atoms with Crippen LogP contribution in [0.4, 0.5) is 5.00 Å². The van der Waals surface area contributed by atoms with Gasteiger partial charge >= 0.3 is 0 Å². The van der Waals surface area contributed by atoms with E-state index in [0.717, 1.165) is 31.2 Å². The molecule has 4 nitrogen and oxygen atoms in total. The lowest BCUT2D eigenvalue weighted by Crippen LogP contribution is -2.20. The van der Waals surface area contributed by atoms with Crippen LogP contribution in [0, 0.1) is 17.2 Å². The smallest absolute Gasteiger partial charge is 0.262 e. The largest absolute Gasteiger partial charge is 0.484 e. The first-order valence-electron chi connectivity index (χ1n) is 8.67. The average molecular weight is 354 g/mol. The molecular formula is C20H22N2O2S. The predicted octanol–water partition coefficient (Wildman–Crippen LogP) is 4.32. The van der Waals surface area contributed by atoms with Gasteiger partial charge in [0.2, 0.25) is 0 Å². The van der Waals surface area contributed by atoms with Crippen LogP contribution in [0.25, 0.3) is 0 Å². The number of nitrogens with one attached hydrogen (secondary N) is 1. The molecule has 3 rings (SSSR count). The third-order valence-electron chi connectivity index (χ3n) is 4.58. The molecule has 0 spiro atoms. The molecule has 0 unspecified atom stereocenters. The zero-order valence-electron chi connectivity index (χ0n) is 14.6. The normalized spacial score (nSPS) is 16.0. The Kier molecular flexibility index (Phi) is 5.40. The highest BCUT2D eigenvalue weighted by Crippen LogP contribution is 2.39. The van der Waals surface area contributed by atoms with Gasteiger partial charge in [-0.05, 0) is 54.9 Å². The standard InChI is InChI=1S/C20H22N2O2S/c1-3-14-5-7-15(8-6-14)24-12-19(23)22-20-17(11-21)16-9-4-13(2)10-18(16)25-20/h5-8,13H,3-4,9-10,12H2,1-2H3,(H,22,23)/t13-/m0/s1. The number of ether oxygens (including phenoxy) is 1. The third-order valence-corrected chi connectivity index (χ3v) is 5.75. The molecule has 1 aromatic heterocycles. The van der Waals surface area contributed by atoms with E-state index in [2.05, 4.69) is 25.2 Å². The van der Waals surface area contributed by atoms with Gasteiger partial charge in [-0.2, -0.15) is 5.26 Å². The lowest BCUT2D eigenvalue weighted by Gasteiger charge is -2.17. The van der Waals surface area contributed by atoms with Crippen molar-refractivity contribution in [2.24, 2.45) is 5.92 Å².